The molecule has 2 fully saturated rings. The fraction of sp³-hybridized carbons (Fsp3) is 0.375. The highest BCUT2D eigenvalue weighted by molar-refractivity contribution is 6.00. The number of carbonyl (C=O) groups is 1. The third kappa shape index (κ3) is 3.92. The smallest absolute Gasteiger partial charge is 0.326 e. The molecule has 2 aliphatic rings. The molecule has 0 bridgehead atoms. The number of rotatable bonds is 5. The monoisotopic (exact) mass is 491 g/mol. The van der Waals surface area contributed by atoms with Crippen LogP contribution in [0.2, 0.25) is 0 Å². The van der Waals surface area contributed by atoms with Gasteiger partial charge >= 0.3 is 6.03 Å². The van der Waals surface area contributed by atoms with Crippen LogP contribution in [0.25, 0.3) is 22.3 Å². The molecule has 4 N–H and O–H groups in total. The largest absolute Gasteiger partial charge is 0.383 e. The van der Waals surface area contributed by atoms with Gasteiger partial charge in [0, 0.05) is 30.1 Å². The van der Waals surface area contributed by atoms with E-state index in [-0.39, 0.29) is 28.8 Å². The summed E-state index contributed by atoms with van der Waals surface area (Å²) in [7, 11) is 2.06. The van der Waals surface area contributed by atoms with Crippen LogP contribution in [0.3, 0.4) is 0 Å². The van der Waals surface area contributed by atoms with E-state index in [9.17, 15) is 4.79 Å². The lowest BCUT2D eigenvalue weighted by Crippen LogP contribution is -2.19. The molecule has 1 aromatic carbocycles. The molecule has 1 saturated heterocycles. The van der Waals surface area contributed by atoms with Gasteiger partial charge in [0.05, 0.1) is 22.8 Å². The average Bonchev–Trinajstić information content (AvgIpc) is 3.21. The maximum atomic E-state index is 15.1. The Bertz CT molecular complexity index is 1480. The van der Waals surface area contributed by atoms with E-state index in [0.29, 0.717) is 22.3 Å². The normalized spacial score (nSPS) is 19.0. The summed E-state index contributed by atoms with van der Waals surface area (Å²) in [4.78, 5) is 23.2. The number of hydrogen-bond donors (Lipinski definition) is 3. The molecule has 4 heterocycles. The molecule has 11 nitrogen and oxygen atoms in total. The molecule has 1 saturated carbocycles. The molecule has 3 aromatic heterocycles. The van der Waals surface area contributed by atoms with E-state index in [2.05, 4.69) is 44.6 Å². The molecule has 4 aromatic rings. The molecule has 1 atom stereocenters. The summed E-state index contributed by atoms with van der Waals surface area (Å²) < 4.78 is 22.1. The van der Waals surface area contributed by atoms with Crippen LogP contribution in [0, 0.1) is 5.82 Å². The van der Waals surface area contributed by atoms with E-state index in [1.165, 1.54) is 18.5 Å². The van der Waals surface area contributed by atoms with Crippen LogP contribution in [-0.2, 0) is 5.41 Å². The number of anilines is 3. The minimum absolute atomic E-state index is 0.00974. The number of likely N-dealkylation sites (tertiary alicyclic amines) is 1. The Kier molecular flexibility index (Phi) is 5.14. The zero-order chi connectivity index (χ0) is 25.0. The van der Waals surface area contributed by atoms with Crippen molar-refractivity contribution in [3.63, 3.8) is 0 Å². The first-order valence-electron chi connectivity index (χ1n) is 11.8. The van der Waals surface area contributed by atoms with Crippen LogP contribution < -0.4 is 16.4 Å². The molecule has 12 heteroatoms. The molecule has 0 radical (unpaired) electrons. The van der Waals surface area contributed by atoms with Crippen LogP contribution in [-0.4, -0.2) is 56.0 Å². The van der Waals surface area contributed by atoms with Gasteiger partial charge in [-0.15, -0.1) is 0 Å². The van der Waals surface area contributed by atoms with Crippen molar-refractivity contribution in [3.05, 3.63) is 42.1 Å². The number of nitrogens with two attached hydrogens (primary N) is 1. The van der Waals surface area contributed by atoms with Crippen molar-refractivity contribution in [1.82, 2.24) is 29.8 Å². The third-order valence-electron chi connectivity index (χ3n) is 7.09. The lowest BCUT2D eigenvalue weighted by molar-refractivity contribution is 0.261. The number of likely N-dealkylation sites (N-methyl/N-ethyl adjacent to an activating group) is 1. The topological polar surface area (TPSA) is 140 Å². The van der Waals surface area contributed by atoms with E-state index in [0.717, 1.165) is 38.0 Å². The van der Waals surface area contributed by atoms with Gasteiger partial charge in [0.15, 0.2) is 5.65 Å². The first kappa shape index (κ1) is 22.4. The summed E-state index contributed by atoms with van der Waals surface area (Å²) in [5, 5.41) is 14.4. The fourth-order valence-electron chi connectivity index (χ4n) is 4.65. The molecular weight excluding hydrogens is 465 g/mol. The number of amides is 2. The Hall–Kier alpha value is -4.06. The molecular formula is C24H26FN9O2. The zero-order valence-corrected chi connectivity index (χ0v) is 20.0. The highest BCUT2D eigenvalue weighted by atomic mass is 19.1. The summed E-state index contributed by atoms with van der Waals surface area (Å²) in [6.45, 7) is 3.87. The van der Waals surface area contributed by atoms with E-state index >= 15 is 4.39 Å². The Morgan fingerprint density at radius 2 is 2.08 bits per heavy atom. The minimum Gasteiger partial charge on any atom is -0.383 e. The van der Waals surface area contributed by atoms with Crippen LogP contribution in [0.1, 0.15) is 37.9 Å². The van der Waals surface area contributed by atoms with Gasteiger partial charge in [0.25, 0.3) is 0 Å². The van der Waals surface area contributed by atoms with Gasteiger partial charge in [-0.05, 0) is 38.4 Å². The van der Waals surface area contributed by atoms with E-state index < -0.39 is 11.8 Å². The lowest BCUT2D eigenvalue weighted by Gasteiger charge is -2.11. The molecule has 2 amide bonds. The van der Waals surface area contributed by atoms with Gasteiger partial charge in [-0.25, -0.2) is 23.8 Å². The van der Waals surface area contributed by atoms with Crippen molar-refractivity contribution >= 4 is 34.5 Å². The van der Waals surface area contributed by atoms with Crippen LogP contribution in [0.4, 0.5) is 26.6 Å². The van der Waals surface area contributed by atoms with Crippen LogP contribution in [0.5, 0.6) is 0 Å². The van der Waals surface area contributed by atoms with Crippen molar-refractivity contribution in [2.75, 3.05) is 36.5 Å². The van der Waals surface area contributed by atoms with Crippen molar-refractivity contribution in [3.8, 4) is 11.3 Å². The molecule has 6 rings (SSSR count). The zero-order valence-electron chi connectivity index (χ0n) is 20.0. The summed E-state index contributed by atoms with van der Waals surface area (Å²) in [5.74, 6) is -0.135. The molecule has 0 spiro atoms. The Balaban J connectivity index is 1.25. The van der Waals surface area contributed by atoms with E-state index in [4.69, 9.17) is 15.4 Å². The standard InChI is InChI=1S/C24H26FN9O2/c1-24(6-7-24)17-10-18(36-32-17)30-23(35)29-16-4-3-13(9-15(16)25)20-19-21(26)27-12-28-22(19)34(31-20)14-5-8-33(2)11-14/h3-4,9-10,12,14H,5-8,11H2,1-2H3,(H2,26,27,28)(H2,29,30,35). The summed E-state index contributed by atoms with van der Waals surface area (Å²) in [5.41, 5.74) is 8.63. The van der Waals surface area contributed by atoms with E-state index in [1.54, 1.807) is 12.1 Å². The van der Waals surface area contributed by atoms with Gasteiger partial charge in [0.2, 0.25) is 5.88 Å². The summed E-state index contributed by atoms with van der Waals surface area (Å²) in [6.07, 6.45) is 4.40. The van der Waals surface area contributed by atoms with Gasteiger partial charge in [-0.3, -0.25) is 5.32 Å². The van der Waals surface area contributed by atoms with Crippen molar-refractivity contribution in [2.45, 2.75) is 37.6 Å². The Labute approximate surface area is 205 Å². The molecule has 1 aliphatic heterocycles. The van der Waals surface area contributed by atoms with E-state index in [1.807, 2.05) is 4.68 Å². The number of carbonyl (C=O) groups excluding carboxylic acids is 1. The number of halogens is 1. The lowest BCUT2D eigenvalue weighted by atomic mass is 10.1. The number of benzene rings is 1. The first-order chi connectivity index (χ1) is 17.3. The fourth-order valence-corrected chi connectivity index (χ4v) is 4.65. The predicted octanol–water partition coefficient (Wildman–Crippen LogP) is 3.77. The molecule has 186 valence electrons. The van der Waals surface area contributed by atoms with Crippen molar-refractivity contribution in [2.24, 2.45) is 0 Å². The second-order valence-corrected chi connectivity index (χ2v) is 9.87. The van der Waals surface area contributed by atoms with Crippen LogP contribution in [0.15, 0.2) is 35.1 Å². The van der Waals surface area contributed by atoms with Gasteiger partial charge in [-0.2, -0.15) is 5.10 Å². The number of nitrogens with one attached hydrogen (secondary N) is 2. The second kappa shape index (κ2) is 8.26. The Morgan fingerprint density at radius 3 is 2.81 bits per heavy atom. The highest BCUT2D eigenvalue weighted by Crippen LogP contribution is 2.47. The van der Waals surface area contributed by atoms with Crippen molar-refractivity contribution in [1.29, 1.82) is 0 Å². The molecule has 36 heavy (non-hydrogen) atoms. The number of nitrogen functional groups attached to an aromatic ring is 1. The number of fused-ring (bicyclic) bond motifs is 1. The maximum absolute atomic E-state index is 15.1. The summed E-state index contributed by atoms with van der Waals surface area (Å²) in [6, 6.07) is 5.67. The maximum Gasteiger partial charge on any atom is 0.326 e. The average molecular weight is 492 g/mol. The number of nitrogens with zero attached hydrogens (tertiary/aromatic N) is 6. The highest BCUT2D eigenvalue weighted by Gasteiger charge is 2.42. The number of aromatic nitrogens is 5. The third-order valence-corrected chi connectivity index (χ3v) is 7.09. The van der Waals surface area contributed by atoms with Gasteiger partial charge in [0.1, 0.15) is 23.7 Å². The van der Waals surface area contributed by atoms with Gasteiger partial charge in [-0.1, -0.05) is 18.1 Å². The molecule has 1 aliphatic carbocycles. The van der Waals surface area contributed by atoms with Crippen molar-refractivity contribution < 1.29 is 13.7 Å². The summed E-state index contributed by atoms with van der Waals surface area (Å²) >= 11 is 0. The second-order valence-electron chi connectivity index (χ2n) is 9.87. The molecule has 1 unspecified atom stereocenters. The minimum atomic E-state index is -0.636. The predicted molar refractivity (Wildman–Crippen MR) is 132 cm³/mol. The number of urea groups is 1. The Morgan fingerprint density at radius 1 is 1.25 bits per heavy atom. The van der Waals surface area contributed by atoms with Crippen LogP contribution >= 0.6 is 0 Å². The van der Waals surface area contributed by atoms with Gasteiger partial charge < -0.3 is 20.5 Å². The SMILES string of the molecule is CN1CCC(n2nc(-c3ccc(NC(=O)Nc4cc(C5(C)CC5)no4)c(F)c3)c3c(N)ncnc32)C1. The quantitative estimate of drug-likeness (QED) is 0.383. The first-order valence-corrected chi connectivity index (χ1v) is 11.8. The number of hydrogen-bond acceptors (Lipinski definition) is 8.